The van der Waals surface area contributed by atoms with Crippen molar-refractivity contribution < 1.29 is 4.58 Å². The summed E-state index contributed by atoms with van der Waals surface area (Å²) in [7, 11) is 0. The molecule has 0 radical (unpaired) electrons. The topological polar surface area (TPSA) is 3.01 Å². The Morgan fingerprint density at radius 3 is 2.76 bits per heavy atom. The fourth-order valence-corrected chi connectivity index (χ4v) is 3.36. The molecule has 0 fully saturated rings. The van der Waals surface area contributed by atoms with E-state index >= 15 is 0 Å². The zero-order chi connectivity index (χ0) is 12.0. The number of hydrogen-bond donors (Lipinski definition) is 0. The monoisotopic (exact) mass is 228 g/mol. The van der Waals surface area contributed by atoms with Crippen LogP contribution in [0.4, 0.5) is 5.69 Å². The molecule has 0 atom stereocenters. The summed E-state index contributed by atoms with van der Waals surface area (Å²) >= 11 is 0. The largest absolute Gasteiger partial charge is 0.212 e. The van der Waals surface area contributed by atoms with Crippen molar-refractivity contribution in [2.75, 3.05) is 6.54 Å². The van der Waals surface area contributed by atoms with Crippen LogP contribution in [0, 0.1) is 0 Å². The quantitative estimate of drug-likeness (QED) is 0.594. The van der Waals surface area contributed by atoms with E-state index in [1.165, 1.54) is 49.2 Å². The first-order valence-electron chi connectivity index (χ1n) is 6.86. The molecular formula is C16H22N+. The third-order valence-electron chi connectivity index (χ3n) is 4.70. The van der Waals surface area contributed by atoms with E-state index in [0.717, 1.165) is 0 Å². The highest BCUT2D eigenvalue weighted by atomic mass is 15.1. The maximum Gasteiger partial charge on any atom is 0.212 e. The Morgan fingerprint density at radius 1 is 1.12 bits per heavy atom. The van der Waals surface area contributed by atoms with Crippen molar-refractivity contribution in [2.24, 2.45) is 0 Å². The Labute approximate surface area is 104 Å². The average molecular weight is 228 g/mol. The summed E-state index contributed by atoms with van der Waals surface area (Å²) in [5.41, 5.74) is 6.38. The molecule has 1 nitrogen and oxygen atoms in total. The first-order valence-corrected chi connectivity index (χ1v) is 6.86. The second kappa shape index (κ2) is 3.69. The van der Waals surface area contributed by atoms with E-state index in [9.17, 15) is 0 Å². The van der Waals surface area contributed by atoms with Crippen LogP contribution in [-0.2, 0) is 11.8 Å². The van der Waals surface area contributed by atoms with E-state index in [1.807, 2.05) is 0 Å². The minimum absolute atomic E-state index is 0.218. The van der Waals surface area contributed by atoms with Gasteiger partial charge in [-0.15, -0.1) is 0 Å². The summed E-state index contributed by atoms with van der Waals surface area (Å²) in [5, 5.41) is 0. The number of benzene rings is 1. The zero-order valence-electron chi connectivity index (χ0n) is 11.2. The Kier molecular flexibility index (Phi) is 2.39. The summed E-state index contributed by atoms with van der Waals surface area (Å²) in [6.45, 7) is 8.25. The molecule has 2 aliphatic heterocycles. The predicted molar refractivity (Wildman–Crippen MR) is 72.5 cm³/mol. The number of hydrogen-bond acceptors (Lipinski definition) is 0. The molecule has 0 aliphatic carbocycles. The van der Waals surface area contributed by atoms with Gasteiger partial charge in [-0.05, 0) is 33.1 Å². The smallest absolute Gasteiger partial charge is 0.199 e. The summed E-state index contributed by atoms with van der Waals surface area (Å²) < 4.78 is 2.59. The van der Waals surface area contributed by atoms with Gasteiger partial charge in [0.15, 0.2) is 5.71 Å². The predicted octanol–water partition coefficient (Wildman–Crippen LogP) is 3.81. The van der Waals surface area contributed by atoms with Crippen molar-refractivity contribution >= 4 is 11.4 Å². The van der Waals surface area contributed by atoms with Crippen molar-refractivity contribution in [1.82, 2.24) is 0 Å². The van der Waals surface area contributed by atoms with Crippen LogP contribution < -0.4 is 0 Å². The van der Waals surface area contributed by atoms with Crippen LogP contribution in [0.3, 0.4) is 0 Å². The van der Waals surface area contributed by atoms with Crippen LogP contribution >= 0.6 is 0 Å². The molecule has 1 aromatic rings. The molecule has 1 aromatic carbocycles. The van der Waals surface area contributed by atoms with Gasteiger partial charge in [-0.25, -0.2) is 0 Å². The zero-order valence-corrected chi connectivity index (χ0v) is 11.2. The summed E-state index contributed by atoms with van der Waals surface area (Å²) in [5.74, 6) is 0. The fraction of sp³-hybridized carbons (Fsp3) is 0.562. The molecule has 0 spiro atoms. The summed E-state index contributed by atoms with van der Waals surface area (Å²) in [4.78, 5) is 0. The standard InChI is InChI=1S/C16H22N/c1-12-16(2,3)14-10-7-9-13-8-5-4-6-11-17(12)15(13)14/h7,9-10H,4-6,8,11H2,1-3H3/q+1. The van der Waals surface area contributed by atoms with Gasteiger partial charge in [0.1, 0.15) is 6.54 Å². The normalized spacial score (nSPS) is 22.1. The Hall–Kier alpha value is -1.11. The minimum atomic E-state index is 0.218. The molecule has 3 rings (SSSR count). The van der Waals surface area contributed by atoms with Gasteiger partial charge in [0.05, 0.1) is 5.41 Å². The Balaban J connectivity index is 2.27. The van der Waals surface area contributed by atoms with Gasteiger partial charge >= 0.3 is 0 Å². The second-order valence-electron chi connectivity index (χ2n) is 5.99. The van der Waals surface area contributed by atoms with Crippen LogP contribution in [0.5, 0.6) is 0 Å². The Bertz CT molecular complexity index is 494. The lowest BCUT2D eigenvalue weighted by Crippen LogP contribution is -2.26. The lowest BCUT2D eigenvalue weighted by molar-refractivity contribution is -0.441. The fourth-order valence-electron chi connectivity index (χ4n) is 3.36. The van der Waals surface area contributed by atoms with Crippen LogP contribution in [-0.4, -0.2) is 16.8 Å². The molecule has 2 aliphatic rings. The second-order valence-corrected chi connectivity index (χ2v) is 5.99. The third-order valence-corrected chi connectivity index (χ3v) is 4.70. The molecule has 0 saturated carbocycles. The van der Waals surface area contributed by atoms with Gasteiger partial charge in [0.25, 0.3) is 0 Å². The van der Waals surface area contributed by atoms with Crippen molar-refractivity contribution in [1.29, 1.82) is 0 Å². The van der Waals surface area contributed by atoms with Gasteiger partial charge in [0.2, 0.25) is 5.69 Å². The third kappa shape index (κ3) is 1.48. The molecule has 0 N–H and O–H groups in total. The van der Waals surface area contributed by atoms with Gasteiger partial charge in [0, 0.05) is 24.5 Å². The summed E-state index contributed by atoms with van der Waals surface area (Å²) in [6.07, 6.45) is 5.31. The van der Waals surface area contributed by atoms with E-state index < -0.39 is 0 Å². The molecule has 17 heavy (non-hydrogen) atoms. The average Bonchev–Trinajstić information content (AvgIpc) is 2.46. The molecule has 0 saturated heterocycles. The van der Waals surface area contributed by atoms with Crippen LogP contribution in [0.25, 0.3) is 0 Å². The molecule has 0 unspecified atom stereocenters. The van der Waals surface area contributed by atoms with E-state index in [1.54, 1.807) is 5.56 Å². The highest BCUT2D eigenvalue weighted by Crippen LogP contribution is 2.42. The molecule has 0 aromatic heterocycles. The first-order chi connectivity index (χ1) is 8.12. The number of para-hydroxylation sites is 1. The van der Waals surface area contributed by atoms with E-state index in [4.69, 9.17) is 0 Å². The van der Waals surface area contributed by atoms with Crippen LogP contribution in [0.15, 0.2) is 18.2 Å². The van der Waals surface area contributed by atoms with Gasteiger partial charge in [-0.2, -0.15) is 4.58 Å². The van der Waals surface area contributed by atoms with Crippen molar-refractivity contribution in [3.63, 3.8) is 0 Å². The molecule has 90 valence electrons. The highest BCUT2D eigenvalue weighted by Gasteiger charge is 2.44. The van der Waals surface area contributed by atoms with Crippen molar-refractivity contribution in [2.45, 2.75) is 51.9 Å². The molecular weight excluding hydrogens is 206 g/mol. The number of rotatable bonds is 0. The van der Waals surface area contributed by atoms with Crippen LogP contribution in [0.1, 0.15) is 51.2 Å². The van der Waals surface area contributed by atoms with E-state index in [-0.39, 0.29) is 5.41 Å². The van der Waals surface area contributed by atoms with Crippen LogP contribution in [0.2, 0.25) is 0 Å². The highest BCUT2D eigenvalue weighted by molar-refractivity contribution is 5.93. The van der Waals surface area contributed by atoms with Crippen molar-refractivity contribution in [3.8, 4) is 0 Å². The lowest BCUT2D eigenvalue weighted by Gasteiger charge is -2.15. The number of nitrogens with zero attached hydrogens (tertiary/aromatic N) is 1. The number of aryl methyl sites for hydroxylation is 1. The van der Waals surface area contributed by atoms with E-state index in [2.05, 4.69) is 43.5 Å². The summed E-state index contributed by atoms with van der Waals surface area (Å²) in [6, 6.07) is 6.89. The molecule has 0 bridgehead atoms. The minimum Gasteiger partial charge on any atom is -0.199 e. The SMILES string of the molecule is CC1=[N+]2CCCCCc3cccc(c32)C1(C)C. The Morgan fingerprint density at radius 2 is 1.94 bits per heavy atom. The maximum atomic E-state index is 2.59. The maximum absolute atomic E-state index is 2.59. The van der Waals surface area contributed by atoms with Crippen molar-refractivity contribution in [3.05, 3.63) is 29.3 Å². The molecule has 1 heteroatoms. The van der Waals surface area contributed by atoms with Gasteiger partial charge in [-0.3, -0.25) is 0 Å². The van der Waals surface area contributed by atoms with Gasteiger partial charge in [-0.1, -0.05) is 18.2 Å². The molecule has 0 amide bonds. The lowest BCUT2D eigenvalue weighted by atomic mass is 9.81. The van der Waals surface area contributed by atoms with E-state index in [0.29, 0.717) is 0 Å². The molecule has 2 heterocycles. The first kappa shape index (κ1) is 11.0. The van der Waals surface area contributed by atoms with Gasteiger partial charge < -0.3 is 0 Å².